The van der Waals surface area contributed by atoms with Gasteiger partial charge in [-0.1, -0.05) is 0 Å². The first-order valence-electron chi connectivity index (χ1n) is 5.83. The fourth-order valence-electron chi connectivity index (χ4n) is 2.17. The highest BCUT2D eigenvalue weighted by Gasteiger charge is 2.46. The van der Waals surface area contributed by atoms with E-state index in [0.717, 1.165) is 5.57 Å². The van der Waals surface area contributed by atoms with Crippen molar-refractivity contribution in [2.45, 2.75) is 43.9 Å². The zero-order chi connectivity index (χ0) is 13.4. The van der Waals surface area contributed by atoms with Gasteiger partial charge in [0.1, 0.15) is 18.3 Å². The zero-order valence-electron chi connectivity index (χ0n) is 10.1. The number of nitrogens with zero attached hydrogens (tertiary/aromatic N) is 1. The molecule has 2 rings (SSSR count). The van der Waals surface area contributed by atoms with Crippen molar-refractivity contribution in [1.82, 2.24) is 4.90 Å². The molecule has 2 heterocycles. The van der Waals surface area contributed by atoms with Crippen LogP contribution in [-0.2, 0) is 9.53 Å². The van der Waals surface area contributed by atoms with Crippen LogP contribution in [0, 0.1) is 0 Å². The van der Waals surface area contributed by atoms with Gasteiger partial charge in [0.15, 0.2) is 6.23 Å². The lowest BCUT2D eigenvalue weighted by atomic mass is 10.0. The van der Waals surface area contributed by atoms with E-state index in [1.807, 2.05) is 0 Å². The lowest BCUT2D eigenvalue weighted by Gasteiger charge is -2.32. The van der Waals surface area contributed by atoms with Gasteiger partial charge < -0.3 is 25.8 Å². The minimum atomic E-state index is -1.25. The maximum Gasteiger partial charge on any atom is 0.230 e. The topological polar surface area (TPSA) is 116 Å². The van der Waals surface area contributed by atoms with E-state index in [2.05, 4.69) is 0 Å². The second-order valence-corrected chi connectivity index (χ2v) is 4.71. The summed E-state index contributed by atoms with van der Waals surface area (Å²) in [5.74, 6) is -0.275. The van der Waals surface area contributed by atoms with E-state index in [0.29, 0.717) is 0 Å². The summed E-state index contributed by atoms with van der Waals surface area (Å²) < 4.78 is 5.30. The molecular formula is C11H18N2O5. The molecule has 5 N–H and O–H groups in total. The first-order chi connectivity index (χ1) is 8.45. The average Bonchev–Trinajstić information content (AvgIpc) is 2.61. The van der Waals surface area contributed by atoms with Gasteiger partial charge in [-0.05, 0) is 12.5 Å². The molecular weight excluding hydrogens is 240 g/mol. The summed E-state index contributed by atoms with van der Waals surface area (Å²) in [7, 11) is 0. The summed E-state index contributed by atoms with van der Waals surface area (Å²) in [6, 6.07) is -0.328. The maximum absolute atomic E-state index is 11.9. The molecule has 0 radical (unpaired) electrons. The van der Waals surface area contributed by atoms with Gasteiger partial charge in [-0.15, -0.1) is 0 Å². The number of rotatable bonds is 2. The molecule has 0 saturated carbocycles. The monoisotopic (exact) mass is 258 g/mol. The highest BCUT2D eigenvalue weighted by molar-refractivity contribution is 5.80. The number of hydrogen-bond acceptors (Lipinski definition) is 6. The third-order valence-electron chi connectivity index (χ3n) is 3.40. The van der Waals surface area contributed by atoms with Crippen LogP contribution in [0.4, 0.5) is 0 Å². The van der Waals surface area contributed by atoms with E-state index in [1.165, 1.54) is 11.1 Å². The molecule has 7 nitrogen and oxygen atoms in total. The Hall–Kier alpha value is -0.990. The summed E-state index contributed by atoms with van der Waals surface area (Å²) in [6.07, 6.45) is -2.66. The molecule has 0 aliphatic carbocycles. The predicted octanol–water partition coefficient (Wildman–Crippen LogP) is -2.11. The zero-order valence-corrected chi connectivity index (χ0v) is 10.1. The van der Waals surface area contributed by atoms with Gasteiger partial charge in [0.2, 0.25) is 5.91 Å². The van der Waals surface area contributed by atoms with E-state index in [9.17, 15) is 15.0 Å². The smallest absolute Gasteiger partial charge is 0.230 e. The minimum absolute atomic E-state index is 0.134. The van der Waals surface area contributed by atoms with Crippen molar-refractivity contribution in [3.05, 3.63) is 11.8 Å². The molecule has 2 aliphatic heterocycles. The number of carbonyl (C=O) groups is 1. The number of aliphatic hydroxyl groups is 3. The molecule has 2 aliphatic rings. The molecule has 0 aromatic rings. The third kappa shape index (κ3) is 2.15. The van der Waals surface area contributed by atoms with Crippen molar-refractivity contribution in [2.24, 2.45) is 5.73 Å². The normalized spacial score (nSPS) is 41.2. The summed E-state index contributed by atoms with van der Waals surface area (Å²) in [6.45, 7) is 1.37. The average molecular weight is 258 g/mol. The molecule has 5 atom stereocenters. The van der Waals surface area contributed by atoms with Crippen LogP contribution in [0.25, 0.3) is 0 Å². The van der Waals surface area contributed by atoms with Gasteiger partial charge in [-0.2, -0.15) is 0 Å². The van der Waals surface area contributed by atoms with Crippen molar-refractivity contribution in [1.29, 1.82) is 0 Å². The Balaban J connectivity index is 2.19. The molecule has 1 saturated heterocycles. The van der Waals surface area contributed by atoms with Crippen LogP contribution in [0.2, 0.25) is 0 Å². The van der Waals surface area contributed by atoms with E-state index in [-0.39, 0.29) is 18.4 Å². The summed E-state index contributed by atoms with van der Waals surface area (Å²) in [4.78, 5) is 13.1. The van der Waals surface area contributed by atoms with E-state index in [4.69, 9.17) is 15.6 Å². The predicted molar refractivity (Wildman–Crippen MR) is 61.0 cm³/mol. The largest absolute Gasteiger partial charge is 0.394 e. The van der Waals surface area contributed by atoms with Crippen molar-refractivity contribution >= 4 is 5.91 Å². The van der Waals surface area contributed by atoms with Crippen molar-refractivity contribution < 1.29 is 24.9 Å². The highest BCUT2D eigenvalue weighted by atomic mass is 16.6. The molecule has 1 amide bonds. The summed E-state index contributed by atoms with van der Waals surface area (Å²) in [5.41, 5.74) is 6.53. The SMILES string of the molecule is CC1=CN(C2OC(CO)C(O)C2O)C(=O)CC1N. The molecule has 0 aromatic carbocycles. The van der Waals surface area contributed by atoms with Crippen LogP contribution in [0.3, 0.4) is 0 Å². The molecule has 102 valence electrons. The second-order valence-electron chi connectivity index (χ2n) is 4.71. The second kappa shape index (κ2) is 4.94. The van der Waals surface area contributed by atoms with Gasteiger partial charge >= 0.3 is 0 Å². The summed E-state index contributed by atoms with van der Waals surface area (Å²) >= 11 is 0. The van der Waals surface area contributed by atoms with Crippen LogP contribution in [0.1, 0.15) is 13.3 Å². The number of nitrogens with two attached hydrogens (primary N) is 1. The number of ether oxygens (including phenoxy) is 1. The first kappa shape index (κ1) is 13.4. The number of hydrogen-bond donors (Lipinski definition) is 4. The molecule has 18 heavy (non-hydrogen) atoms. The Bertz CT molecular complexity index is 372. The molecule has 5 unspecified atom stereocenters. The van der Waals surface area contributed by atoms with E-state index < -0.39 is 31.1 Å². The maximum atomic E-state index is 11.9. The minimum Gasteiger partial charge on any atom is -0.394 e. The quantitative estimate of drug-likeness (QED) is 0.450. The fourth-order valence-corrected chi connectivity index (χ4v) is 2.17. The van der Waals surface area contributed by atoms with Gasteiger partial charge in [-0.3, -0.25) is 9.69 Å². The third-order valence-corrected chi connectivity index (χ3v) is 3.40. The fraction of sp³-hybridized carbons (Fsp3) is 0.727. The first-order valence-corrected chi connectivity index (χ1v) is 5.83. The molecule has 0 spiro atoms. The number of carbonyl (C=O) groups excluding carboxylic acids is 1. The number of amides is 1. The van der Waals surface area contributed by atoms with Crippen molar-refractivity contribution in [2.75, 3.05) is 6.61 Å². The lowest BCUT2D eigenvalue weighted by molar-refractivity contribution is -0.147. The Morgan fingerprint density at radius 3 is 2.72 bits per heavy atom. The van der Waals surface area contributed by atoms with Crippen LogP contribution in [-0.4, -0.2) is 63.3 Å². The Labute approximate surface area is 104 Å². The summed E-state index contributed by atoms with van der Waals surface area (Å²) in [5, 5.41) is 28.5. The molecule has 0 bridgehead atoms. The van der Waals surface area contributed by atoms with Crippen molar-refractivity contribution in [3.8, 4) is 0 Å². The van der Waals surface area contributed by atoms with Crippen LogP contribution in [0.15, 0.2) is 11.8 Å². The van der Waals surface area contributed by atoms with Gasteiger partial charge in [0.05, 0.1) is 6.61 Å². The van der Waals surface area contributed by atoms with Gasteiger partial charge in [-0.25, -0.2) is 0 Å². The Kier molecular flexibility index (Phi) is 3.69. The lowest BCUT2D eigenvalue weighted by Crippen LogP contribution is -2.48. The van der Waals surface area contributed by atoms with Crippen LogP contribution < -0.4 is 5.73 Å². The van der Waals surface area contributed by atoms with Gasteiger partial charge in [0.25, 0.3) is 0 Å². The molecule has 7 heteroatoms. The van der Waals surface area contributed by atoms with E-state index in [1.54, 1.807) is 6.92 Å². The standard InChI is InChI=1S/C11H18N2O5/c1-5-3-13(8(15)2-6(5)12)11-10(17)9(16)7(4-14)18-11/h3,6-7,9-11,14,16-17H,2,4,12H2,1H3. The van der Waals surface area contributed by atoms with Crippen LogP contribution in [0.5, 0.6) is 0 Å². The molecule has 0 aromatic heterocycles. The van der Waals surface area contributed by atoms with Gasteiger partial charge in [0, 0.05) is 18.7 Å². The molecule has 1 fully saturated rings. The van der Waals surface area contributed by atoms with Crippen LogP contribution >= 0.6 is 0 Å². The number of aliphatic hydroxyl groups excluding tert-OH is 3. The Morgan fingerprint density at radius 2 is 2.17 bits per heavy atom. The van der Waals surface area contributed by atoms with E-state index >= 15 is 0 Å². The van der Waals surface area contributed by atoms with Crippen molar-refractivity contribution in [3.63, 3.8) is 0 Å². The highest BCUT2D eigenvalue weighted by Crippen LogP contribution is 2.27. The Morgan fingerprint density at radius 1 is 1.50 bits per heavy atom.